The van der Waals surface area contributed by atoms with Crippen LogP contribution in [0.15, 0.2) is 0 Å². The Kier molecular flexibility index (Phi) is 5.46. The van der Waals surface area contributed by atoms with Crippen LogP contribution in [0.1, 0.15) is 27.9 Å². The smallest absolute Gasteiger partial charge is 0.350 e. The van der Waals surface area contributed by atoms with Crippen molar-refractivity contribution in [3.63, 3.8) is 0 Å². The van der Waals surface area contributed by atoms with Crippen LogP contribution in [0.4, 0.5) is 11.4 Å². The number of nitrogen functional groups attached to an aromatic ring is 2. The zero-order valence-corrected chi connectivity index (χ0v) is 10.3. The molecule has 0 unspecified atom stereocenters. The van der Waals surface area contributed by atoms with E-state index in [4.69, 9.17) is 11.5 Å². The van der Waals surface area contributed by atoms with Crippen LogP contribution in [0, 0.1) is 0 Å². The number of esters is 1. The predicted molar refractivity (Wildman–Crippen MR) is 65.7 cm³/mol. The molecule has 15 heavy (non-hydrogen) atoms. The van der Waals surface area contributed by atoms with Crippen LogP contribution < -0.4 is 11.5 Å². The number of methoxy groups -OCH3 is 1. The van der Waals surface area contributed by atoms with Crippen molar-refractivity contribution in [1.29, 1.82) is 0 Å². The van der Waals surface area contributed by atoms with Crippen molar-refractivity contribution in [3.05, 3.63) is 9.75 Å². The second-order valence-electron chi connectivity index (χ2n) is 2.92. The first kappa shape index (κ1) is 14.1. The quantitative estimate of drug-likeness (QED) is 0.805. The van der Waals surface area contributed by atoms with Crippen molar-refractivity contribution in [3.8, 4) is 0 Å². The number of aryl methyl sites for hydroxylation is 1. The first-order valence-corrected chi connectivity index (χ1v) is 5.18. The number of anilines is 2. The maximum absolute atomic E-state index is 11.3. The van der Waals surface area contributed by atoms with Gasteiger partial charge in [0.1, 0.15) is 4.88 Å². The predicted octanol–water partition coefficient (Wildman–Crippen LogP) is 2.07. The summed E-state index contributed by atoms with van der Waals surface area (Å²) in [6.07, 6.45) is 1.82. The van der Waals surface area contributed by atoms with E-state index >= 15 is 0 Å². The third-order valence-electron chi connectivity index (χ3n) is 1.91. The Morgan fingerprint density at radius 2 is 2.00 bits per heavy atom. The Labute approximate surface area is 99.0 Å². The van der Waals surface area contributed by atoms with Crippen LogP contribution in [0.25, 0.3) is 0 Å². The third kappa shape index (κ3) is 2.76. The minimum absolute atomic E-state index is 0. The molecule has 0 fully saturated rings. The molecule has 0 aliphatic heterocycles. The van der Waals surface area contributed by atoms with E-state index in [2.05, 4.69) is 4.74 Å². The molecule has 1 heterocycles. The Balaban J connectivity index is 0.00000196. The van der Waals surface area contributed by atoms with Gasteiger partial charge in [-0.3, -0.25) is 0 Å². The van der Waals surface area contributed by atoms with Crippen molar-refractivity contribution in [2.24, 2.45) is 0 Å². The number of carbonyl (C=O) groups is 1. The highest BCUT2D eigenvalue weighted by Crippen LogP contribution is 2.34. The number of carbonyl (C=O) groups excluding carboxylic acids is 1. The van der Waals surface area contributed by atoms with Crippen molar-refractivity contribution >= 4 is 41.1 Å². The monoisotopic (exact) mass is 250 g/mol. The molecule has 0 aliphatic rings. The molecule has 4 N–H and O–H groups in total. The summed E-state index contributed by atoms with van der Waals surface area (Å²) in [5.41, 5.74) is 12.3. The lowest BCUT2D eigenvalue weighted by Gasteiger charge is -1.96. The molecule has 0 radical (unpaired) electrons. The van der Waals surface area contributed by atoms with Crippen molar-refractivity contribution in [2.45, 2.75) is 19.8 Å². The minimum atomic E-state index is -0.415. The molecule has 0 aromatic carbocycles. The molecule has 1 aromatic rings. The van der Waals surface area contributed by atoms with Crippen LogP contribution in [0.5, 0.6) is 0 Å². The van der Waals surface area contributed by atoms with Crippen LogP contribution in [-0.2, 0) is 11.2 Å². The molecule has 6 heteroatoms. The largest absolute Gasteiger partial charge is 0.465 e. The molecular formula is C9H15ClN2O2S. The van der Waals surface area contributed by atoms with Gasteiger partial charge in [-0.2, -0.15) is 0 Å². The van der Waals surface area contributed by atoms with Crippen LogP contribution in [-0.4, -0.2) is 13.1 Å². The Bertz CT molecular complexity index is 352. The molecule has 1 aromatic heterocycles. The number of ether oxygens (including phenoxy) is 1. The van der Waals surface area contributed by atoms with E-state index in [9.17, 15) is 4.79 Å². The van der Waals surface area contributed by atoms with E-state index in [0.717, 1.165) is 17.7 Å². The molecule has 0 amide bonds. The zero-order chi connectivity index (χ0) is 10.7. The Morgan fingerprint density at radius 1 is 1.40 bits per heavy atom. The summed E-state index contributed by atoms with van der Waals surface area (Å²) in [7, 11) is 1.33. The van der Waals surface area contributed by atoms with Gasteiger partial charge >= 0.3 is 5.97 Å². The fraction of sp³-hybridized carbons (Fsp3) is 0.444. The van der Waals surface area contributed by atoms with Crippen molar-refractivity contribution < 1.29 is 9.53 Å². The van der Waals surface area contributed by atoms with Gasteiger partial charge in [-0.1, -0.05) is 13.3 Å². The molecule has 0 aliphatic carbocycles. The average molecular weight is 251 g/mol. The molecule has 0 bridgehead atoms. The highest BCUT2D eigenvalue weighted by molar-refractivity contribution is 7.15. The van der Waals surface area contributed by atoms with Gasteiger partial charge in [0.25, 0.3) is 0 Å². The summed E-state index contributed by atoms with van der Waals surface area (Å²) in [5.74, 6) is -0.415. The molecule has 0 atom stereocenters. The van der Waals surface area contributed by atoms with E-state index in [1.165, 1.54) is 18.4 Å². The maximum Gasteiger partial charge on any atom is 0.350 e. The van der Waals surface area contributed by atoms with Gasteiger partial charge in [-0.05, 0) is 6.42 Å². The maximum atomic E-state index is 11.3. The molecule has 0 spiro atoms. The molecule has 86 valence electrons. The van der Waals surface area contributed by atoms with E-state index in [1.54, 1.807) is 0 Å². The first-order valence-electron chi connectivity index (χ1n) is 4.36. The fourth-order valence-electron chi connectivity index (χ4n) is 1.16. The Hall–Kier alpha value is -0.940. The van der Waals surface area contributed by atoms with Crippen LogP contribution >= 0.6 is 23.7 Å². The molecule has 0 saturated heterocycles. The van der Waals surface area contributed by atoms with E-state index < -0.39 is 5.97 Å². The molecule has 4 nitrogen and oxygen atoms in total. The zero-order valence-electron chi connectivity index (χ0n) is 8.70. The van der Waals surface area contributed by atoms with Gasteiger partial charge in [-0.15, -0.1) is 23.7 Å². The highest BCUT2D eigenvalue weighted by atomic mass is 35.5. The van der Waals surface area contributed by atoms with E-state index in [1.807, 2.05) is 6.92 Å². The fourth-order valence-corrected chi connectivity index (χ4v) is 2.32. The number of thiophene rings is 1. The third-order valence-corrected chi connectivity index (χ3v) is 3.17. The lowest BCUT2D eigenvalue weighted by Crippen LogP contribution is -2.02. The number of nitrogens with two attached hydrogens (primary N) is 2. The topological polar surface area (TPSA) is 78.3 Å². The SMILES string of the molecule is CCCc1sc(C(=O)OC)c(N)c1N.Cl. The van der Waals surface area contributed by atoms with Crippen LogP contribution in [0.2, 0.25) is 0 Å². The van der Waals surface area contributed by atoms with Gasteiger partial charge in [-0.25, -0.2) is 4.79 Å². The second-order valence-corrected chi connectivity index (χ2v) is 4.03. The number of rotatable bonds is 3. The van der Waals surface area contributed by atoms with E-state index in [0.29, 0.717) is 16.3 Å². The van der Waals surface area contributed by atoms with Gasteiger partial charge < -0.3 is 16.2 Å². The first-order chi connectivity index (χ1) is 6.61. The average Bonchev–Trinajstić information content (AvgIpc) is 2.46. The normalized spacial score (nSPS) is 9.47. The molecule has 0 saturated carbocycles. The number of hydrogen-bond donors (Lipinski definition) is 2. The number of hydrogen-bond acceptors (Lipinski definition) is 5. The summed E-state index contributed by atoms with van der Waals surface area (Å²) < 4.78 is 4.60. The second kappa shape index (κ2) is 5.82. The standard InChI is InChI=1S/C9H14N2O2S.ClH/c1-3-4-5-6(10)7(11)8(14-5)9(12)13-2;/h3-4,10-11H2,1-2H3;1H. The van der Waals surface area contributed by atoms with Crippen molar-refractivity contribution in [2.75, 3.05) is 18.6 Å². The summed E-state index contributed by atoms with van der Waals surface area (Å²) in [4.78, 5) is 12.6. The highest BCUT2D eigenvalue weighted by Gasteiger charge is 2.18. The lowest BCUT2D eigenvalue weighted by molar-refractivity contribution is 0.0607. The summed E-state index contributed by atoms with van der Waals surface area (Å²) in [6.45, 7) is 2.05. The number of halogens is 1. The summed E-state index contributed by atoms with van der Waals surface area (Å²) in [6, 6.07) is 0. The summed E-state index contributed by atoms with van der Waals surface area (Å²) >= 11 is 1.32. The van der Waals surface area contributed by atoms with Crippen LogP contribution in [0.3, 0.4) is 0 Å². The molecular weight excluding hydrogens is 236 g/mol. The van der Waals surface area contributed by atoms with Gasteiger partial charge in [0, 0.05) is 4.88 Å². The Morgan fingerprint density at radius 3 is 2.47 bits per heavy atom. The van der Waals surface area contributed by atoms with Crippen molar-refractivity contribution in [1.82, 2.24) is 0 Å². The van der Waals surface area contributed by atoms with Gasteiger partial charge in [0.15, 0.2) is 0 Å². The van der Waals surface area contributed by atoms with Gasteiger partial charge in [0.05, 0.1) is 18.5 Å². The van der Waals surface area contributed by atoms with Gasteiger partial charge in [0.2, 0.25) is 0 Å². The molecule has 1 rings (SSSR count). The lowest BCUT2D eigenvalue weighted by atomic mass is 10.2. The summed E-state index contributed by atoms with van der Waals surface area (Å²) in [5, 5.41) is 0. The van der Waals surface area contributed by atoms with E-state index in [-0.39, 0.29) is 12.4 Å². The minimum Gasteiger partial charge on any atom is -0.465 e.